The second-order valence-electron chi connectivity index (χ2n) is 6.90. The number of likely N-dealkylation sites (N-methyl/N-ethyl adjacent to an activating group) is 1. The molecule has 0 aliphatic rings. The van der Waals surface area contributed by atoms with Gasteiger partial charge in [0.25, 0.3) is 0 Å². The Morgan fingerprint density at radius 3 is 2.63 bits per heavy atom. The molecule has 2 aromatic carbocycles. The second-order valence-corrected chi connectivity index (χ2v) is 6.90. The van der Waals surface area contributed by atoms with E-state index in [1.165, 1.54) is 11.1 Å². The Morgan fingerprint density at radius 1 is 1.07 bits per heavy atom. The first kappa shape index (κ1) is 19.1. The van der Waals surface area contributed by atoms with Crippen LogP contribution in [0.3, 0.4) is 0 Å². The van der Waals surface area contributed by atoms with Gasteiger partial charge in [0.15, 0.2) is 0 Å². The second kappa shape index (κ2) is 9.35. The maximum Gasteiger partial charge on any atom is 0.119 e. The predicted octanol–water partition coefficient (Wildman–Crippen LogP) is 3.26. The largest absolute Gasteiger partial charge is 0.497 e. The highest BCUT2D eigenvalue weighted by Gasteiger charge is 2.12. The molecule has 27 heavy (non-hydrogen) atoms. The fourth-order valence-electron chi connectivity index (χ4n) is 2.98. The Labute approximate surface area is 161 Å². The molecular formula is C22H28N4O. The third-order valence-electron chi connectivity index (χ3n) is 4.42. The van der Waals surface area contributed by atoms with Gasteiger partial charge in [0.2, 0.25) is 0 Å². The molecule has 5 nitrogen and oxygen atoms in total. The average molecular weight is 364 g/mol. The molecule has 1 heterocycles. The number of ether oxygens (including phenoxy) is 1. The third kappa shape index (κ3) is 5.42. The zero-order valence-corrected chi connectivity index (χ0v) is 16.4. The van der Waals surface area contributed by atoms with E-state index in [0.717, 1.165) is 43.2 Å². The maximum atomic E-state index is 5.39. The van der Waals surface area contributed by atoms with Crippen molar-refractivity contribution in [3.63, 3.8) is 0 Å². The highest BCUT2D eigenvalue weighted by molar-refractivity contribution is 5.64. The normalized spacial score (nSPS) is 11.1. The number of aromatic nitrogens is 2. The number of nitrogens with one attached hydrogen (secondary N) is 1. The van der Waals surface area contributed by atoms with Crippen molar-refractivity contribution in [3.05, 3.63) is 71.9 Å². The fraction of sp³-hybridized carbons (Fsp3) is 0.318. The first-order chi connectivity index (χ1) is 13.2. The molecule has 0 saturated carbocycles. The van der Waals surface area contributed by atoms with Crippen molar-refractivity contribution in [2.24, 2.45) is 0 Å². The number of rotatable bonds is 9. The molecule has 0 aliphatic heterocycles. The van der Waals surface area contributed by atoms with Gasteiger partial charge in [-0.25, -0.2) is 0 Å². The molecule has 1 N–H and O–H groups in total. The summed E-state index contributed by atoms with van der Waals surface area (Å²) in [5, 5.41) is 8.40. The minimum atomic E-state index is 0.759. The first-order valence-corrected chi connectivity index (χ1v) is 9.26. The van der Waals surface area contributed by atoms with Crippen LogP contribution in [0.4, 0.5) is 0 Å². The Bertz CT molecular complexity index is 843. The minimum Gasteiger partial charge on any atom is -0.497 e. The van der Waals surface area contributed by atoms with Crippen LogP contribution in [0.25, 0.3) is 11.3 Å². The van der Waals surface area contributed by atoms with E-state index in [2.05, 4.69) is 60.8 Å². The van der Waals surface area contributed by atoms with Gasteiger partial charge < -0.3 is 15.0 Å². The molecule has 142 valence electrons. The van der Waals surface area contributed by atoms with Gasteiger partial charge in [0.05, 0.1) is 19.3 Å². The van der Waals surface area contributed by atoms with E-state index in [1.54, 1.807) is 7.11 Å². The Hall–Kier alpha value is -2.63. The summed E-state index contributed by atoms with van der Waals surface area (Å²) in [5.74, 6) is 0.844. The molecule has 5 heteroatoms. The molecule has 1 aromatic heterocycles. The zero-order valence-electron chi connectivity index (χ0n) is 16.4. The molecule has 0 bridgehead atoms. The summed E-state index contributed by atoms with van der Waals surface area (Å²) in [5.41, 5.74) is 4.51. The Morgan fingerprint density at radius 2 is 1.89 bits per heavy atom. The number of hydrogen-bond acceptors (Lipinski definition) is 4. The molecule has 3 aromatic rings. The Kier molecular flexibility index (Phi) is 6.63. The highest BCUT2D eigenvalue weighted by Crippen LogP contribution is 2.26. The minimum absolute atomic E-state index is 0.759. The van der Waals surface area contributed by atoms with Crippen LogP contribution in [-0.4, -0.2) is 49.0 Å². The van der Waals surface area contributed by atoms with Gasteiger partial charge in [-0.2, -0.15) is 5.10 Å². The van der Waals surface area contributed by atoms with Crippen molar-refractivity contribution in [1.29, 1.82) is 0 Å². The molecule has 0 radical (unpaired) electrons. The van der Waals surface area contributed by atoms with E-state index < -0.39 is 0 Å². The lowest BCUT2D eigenvalue weighted by atomic mass is 10.1. The van der Waals surface area contributed by atoms with Crippen LogP contribution in [0.5, 0.6) is 5.75 Å². The molecule has 3 rings (SSSR count). The molecule has 0 saturated heterocycles. The van der Waals surface area contributed by atoms with Crippen LogP contribution in [0.2, 0.25) is 0 Å². The smallest absolute Gasteiger partial charge is 0.119 e. The Balaban J connectivity index is 1.84. The van der Waals surface area contributed by atoms with Crippen LogP contribution in [-0.2, 0) is 13.1 Å². The van der Waals surface area contributed by atoms with Gasteiger partial charge in [-0.3, -0.25) is 4.68 Å². The van der Waals surface area contributed by atoms with Gasteiger partial charge in [0.1, 0.15) is 5.75 Å². The number of benzene rings is 2. The van der Waals surface area contributed by atoms with Gasteiger partial charge in [-0.05, 0) is 31.8 Å². The number of nitrogens with zero attached hydrogens (tertiary/aromatic N) is 3. The quantitative estimate of drug-likeness (QED) is 0.592. The fourth-order valence-corrected chi connectivity index (χ4v) is 2.98. The summed E-state index contributed by atoms with van der Waals surface area (Å²) in [4.78, 5) is 2.18. The van der Waals surface area contributed by atoms with E-state index >= 15 is 0 Å². The van der Waals surface area contributed by atoms with E-state index in [-0.39, 0.29) is 0 Å². The van der Waals surface area contributed by atoms with E-state index in [0.29, 0.717) is 0 Å². The summed E-state index contributed by atoms with van der Waals surface area (Å²) in [6, 6.07) is 18.5. The summed E-state index contributed by atoms with van der Waals surface area (Å²) in [6.07, 6.45) is 2.14. The zero-order chi connectivity index (χ0) is 19.1. The molecule has 0 atom stereocenters. The van der Waals surface area contributed by atoms with Crippen molar-refractivity contribution in [3.8, 4) is 17.0 Å². The van der Waals surface area contributed by atoms with Crippen LogP contribution in [0.1, 0.15) is 11.1 Å². The first-order valence-electron chi connectivity index (χ1n) is 9.26. The van der Waals surface area contributed by atoms with Crippen LogP contribution < -0.4 is 10.1 Å². The molecule has 0 amide bonds. The lowest BCUT2D eigenvalue weighted by Crippen LogP contribution is -2.26. The summed E-state index contributed by atoms with van der Waals surface area (Å²) in [6.45, 7) is 3.49. The lowest BCUT2D eigenvalue weighted by Gasteiger charge is -2.10. The van der Waals surface area contributed by atoms with Crippen molar-refractivity contribution in [1.82, 2.24) is 20.0 Å². The molecule has 0 aliphatic carbocycles. The van der Waals surface area contributed by atoms with Crippen molar-refractivity contribution >= 4 is 0 Å². The van der Waals surface area contributed by atoms with Gasteiger partial charge in [0, 0.05) is 37.0 Å². The maximum absolute atomic E-state index is 5.39. The van der Waals surface area contributed by atoms with Crippen molar-refractivity contribution < 1.29 is 4.74 Å². The standard InChI is InChI=1S/C22H28N4O/c1-25(2)13-12-23-15-20-17-26(16-18-8-5-4-6-9-18)24-22(20)19-10-7-11-21(14-19)27-3/h4-11,14,17,23H,12-13,15-16H2,1-3H3. The lowest BCUT2D eigenvalue weighted by molar-refractivity contribution is 0.400. The topological polar surface area (TPSA) is 42.3 Å². The van der Waals surface area contributed by atoms with Crippen LogP contribution >= 0.6 is 0 Å². The van der Waals surface area contributed by atoms with Gasteiger partial charge in [-0.1, -0.05) is 42.5 Å². The van der Waals surface area contributed by atoms with Crippen molar-refractivity contribution in [2.45, 2.75) is 13.1 Å². The summed E-state index contributed by atoms with van der Waals surface area (Å²) in [7, 11) is 5.86. The molecular weight excluding hydrogens is 336 g/mol. The number of methoxy groups -OCH3 is 1. The van der Waals surface area contributed by atoms with Crippen LogP contribution in [0.15, 0.2) is 60.8 Å². The number of hydrogen-bond donors (Lipinski definition) is 1. The molecule has 0 spiro atoms. The predicted molar refractivity (Wildman–Crippen MR) is 110 cm³/mol. The summed E-state index contributed by atoms with van der Waals surface area (Å²) < 4.78 is 7.41. The van der Waals surface area contributed by atoms with Gasteiger partial charge >= 0.3 is 0 Å². The van der Waals surface area contributed by atoms with E-state index in [9.17, 15) is 0 Å². The van der Waals surface area contributed by atoms with Gasteiger partial charge in [-0.15, -0.1) is 0 Å². The van der Waals surface area contributed by atoms with E-state index in [4.69, 9.17) is 9.84 Å². The molecule has 0 fully saturated rings. The summed E-state index contributed by atoms with van der Waals surface area (Å²) >= 11 is 0. The third-order valence-corrected chi connectivity index (χ3v) is 4.42. The molecule has 0 unspecified atom stereocenters. The van der Waals surface area contributed by atoms with E-state index in [1.807, 2.05) is 28.9 Å². The monoisotopic (exact) mass is 364 g/mol. The van der Waals surface area contributed by atoms with Crippen LogP contribution in [0, 0.1) is 0 Å². The van der Waals surface area contributed by atoms with Crippen molar-refractivity contribution in [2.75, 3.05) is 34.3 Å². The average Bonchev–Trinajstić information content (AvgIpc) is 3.08. The SMILES string of the molecule is COc1cccc(-c2nn(Cc3ccccc3)cc2CNCCN(C)C)c1. The highest BCUT2D eigenvalue weighted by atomic mass is 16.5.